The summed E-state index contributed by atoms with van der Waals surface area (Å²) in [6.45, 7) is 0. The second kappa shape index (κ2) is 20.9. The fraction of sp³-hybridized carbons (Fsp3) is 0.165. The molecular weight excluding hydrogens is 977 g/mol. The van der Waals surface area contributed by atoms with Crippen molar-refractivity contribution in [3.8, 4) is 50.2 Å². The van der Waals surface area contributed by atoms with Crippen molar-refractivity contribution >= 4 is 38.9 Å². The molecule has 11 aromatic carbocycles. The van der Waals surface area contributed by atoms with E-state index in [1.54, 1.807) is 0 Å². The molecule has 0 radical (unpaired) electrons. The monoisotopic (exact) mass is 1040 g/mol. The molecule has 0 N–H and O–H groups in total. The molecule has 3 aliphatic rings. The van der Waals surface area contributed by atoms with Crippen LogP contribution in [-0.4, -0.2) is 4.57 Å². The molecule has 2 saturated carbocycles. The number of rotatable bonds is 11. The molecule has 2 fully saturated rings. The van der Waals surface area contributed by atoms with E-state index in [9.17, 15) is 0 Å². The summed E-state index contributed by atoms with van der Waals surface area (Å²) >= 11 is 0. The number of fused-ring (bicyclic) bond motifs is 6. The average Bonchev–Trinajstić information content (AvgIpc) is 4.17. The van der Waals surface area contributed by atoms with Crippen LogP contribution in [0.1, 0.15) is 109 Å². The minimum atomic E-state index is -0.517. The van der Waals surface area contributed by atoms with Crippen LogP contribution >= 0.6 is 0 Å². The van der Waals surface area contributed by atoms with Crippen molar-refractivity contribution in [2.24, 2.45) is 0 Å². The predicted molar refractivity (Wildman–Crippen MR) is 341 cm³/mol. The van der Waals surface area contributed by atoms with Gasteiger partial charge in [0.05, 0.1) is 22.1 Å². The molecule has 0 spiro atoms. The lowest BCUT2D eigenvalue weighted by Crippen LogP contribution is -2.28. The lowest BCUT2D eigenvalue weighted by atomic mass is 9.67. The van der Waals surface area contributed by atoms with E-state index in [0.29, 0.717) is 11.8 Å². The minimum Gasteiger partial charge on any atom is -0.310 e. The maximum atomic E-state index is 2.56. The zero-order valence-corrected chi connectivity index (χ0v) is 46.0. The molecular formula is C79H66N2. The molecule has 12 aromatic rings. The molecule has 0 atom stereocenters. The molecule has 2 heteroatoms. The smallest absolute Gasteiger partial charge is 0.0714 e. The Kier molecular flexibility index (Phi) is 12.7. The first-order valence-electron chi connectivity index (χ1n) is 29.9. The average molecular weight is 1040 g/mol. The van der Waals surface area contributed by atoms with Gasteiger partial charge in [0.1, 0.15) is 0 Å². The van der Waals surface area contributed by atoms with Gasteiger partial charge in [-0.3, -0.25) is 0 Å². The van der Waals surface area contributed by atoms with Crippen LogP contribution in [0.5, 0.6) is 0 Å². The van der Waals surface area contributed by atoms with Crippen LogP contribution in [0.25, 0.3) is 72.0 Å². The maximum Gasteiger partial charge on any atom is 0.0714 e. The van der Waals surface area contributed by atoms with E-state index in [2.05, 4.69) is 276 Å². The second-order valence-electron chi connectivity index (χ2n) is 23.2. The van der Waals surface area contributed by atoms with Crippen molar-refractivity contribution < 1.29 is 0 Å². The number of para-hydroxylation sites is 1. The lowest BCUT2D eigenvalue weighted by Gasteiger charge is -2.35. The third kappa shape index (κ3) is 8.63. The Morgan fingerprint density at radius 2 is 0.765 bits per heavy atom. The van der Waals surface area contributed by atoms with E-state index in [-0.39, 0.29) is 0 Å². The second-order valence-corrected chi connectivity index (χ2v) is 23.2. The molecule has 0 bridgehead atoms. The van der Waals surface area contributed by atoms with Crippen LogP contribution in [0.4, 0.5) is 17.1 Å². The van der Waals surface area contributed by atoms with E-state index in [1.165, 1.54) is 170 Å². The number of hydrogen-bond donors (Lipinski definition) is 0. The summed E-state index contributed by atoms with van der Waals surface area (Å²) in [5.74, 6) is 1.35. The van der Waals surface area contributed by atoms with Gasteiger partial charge >= 0.3 is 0 Å². The number of anilines is 3. The van der Waals surface area contributed by atoms with Gasteiger partial charge < -0.3 is 9.47 Å². The van der Waals surface area contributed by atoms with Crippen molar-refractivity contribution in [2.75, 3.05) is 4.90 Å². The summed E-state index contributed by atoms with van der Waals surface area (Å²) < 4.78 is 2.52. The molecule has 81 heavy (non-hydrogen) atoms. The largest absolute Gasteiger partial charge is 0.310 e. The molecule has 0 saturated heterocycles. The normalized spacial score (nSPS) is 15.2. The Morgan fingerprint density at radius 3 is 1.32 bits per heavy atom. The molecule has 15 rings (SSSR count). The van der Waals surface area contributed by atoms with Crippen molar-refractivity contribution in [3.05, 3.63) is 300 Å². The predicted octanol–water partition coefficient (Wildman–Crippen LogP) is 21.7. The Labute approximate surface area is 477 Å². The maximum absolute atomic E-state index is 2.56. The highest BCUT2D eigenvalue weighted by atomic mass is 15.1. The fourth-order valence-electron chi connectivity index (χ4n) is 14.7. The highest BCUT2D eigenvalue weighted by Crippen LogP contribution is 2.57. The standard InChI is InChI=1S/C79H66N2/c1-6-20-55(21-7-1)62-42-50-77-72(52-62)73-53-63(56-22-8-2-9-23-56)43-51-78(73)81(77)67-46-40-60(41-47-67)58-36-34-57(35-37-58)59-38-44-66(45-39-59)80(76-33-19-17-30-69(76)61-24-10-3-11-25-61)68-48-49-71-70-31-16-18-32-74(70)79(75(71)54-68,64-26-12-4-13-27-64)65-28-14-5-15-29-65/h3-5,10-19,24-56H,1-2,6-9,20-23H2. The zero-order valence-electron chi connectivity index (χ0n) is 46.0. The van der Waals surface area contributed by atoms with Gasteiger partial charge in [0.25, 0.3) is 0 Å². The topological polar surface area (TPSA) is 8.17 Å². The molecule has 392 valence electrons. The quantitative estimate of drug-likeness (QED) is 0.125. The first kappa shape index (κ1) is 49.1. The van der Waals surface area contributed by atoms with Crippen LogP contribution in [0, 0.1) is 0 Å². The Hall–Kier alpha value is -8.98. The van der Waals surface area contributed by atoms with Gasteiger partial charge in [-0.15, -0.1) is 0 Å². The fourth-order valence-corrected chi connectivity index (χ4v) is 14.7. The van der Waals surface area contributed by atoms with E-state index in [1.807, 2.05) is 0 Å². The number of nitrogens with zero attached hydrogens (tertiary/aromatic N) is 2. The molecule has 3 aliphatic carbocycles. The van der Waals surface area contributed by atoms with Crippen molar-refractivity contribution in [3.63, 3.8) is 0 Å². The lowest BCUT2D eigenvalue weighted by molar-refractivity contribution is 0.444. The van der Waals surface area contributed by atoms with Crippen LogP contribution in [0.3, 0.4) is 0 Å². The number of hydrogen-bond acceptors (Lipinski definition) is 1. The molecule has 2 nitrogen and oxygen atoms in total. The summed E-state index contributed by atoms with van der Waals surface area (Å²) in [6.07, 6.45) is 13.4. The number of aromatic nitrogens is 1. The molecule has 0 unspecified atom stereocenters. The minimum absolute atomic E-state index is 0.517. The highest BCUT2D eigenvalue weighted by Gasteiger charge is 2.46. The third-order valence-electron chi connectivity index (χ3n) is 18.7. The van der Waals surface area contributed by atoms with E-state index in [4.69, 9.17) is 0 Å². The van der Waals surface area contributed by atoms with Crippen LogP contribution < -0.4 is 4.90 Å². The first-order chi connectivity index (χ1) is 40.2. The molecule has 1 aromatic heterocycles. The summed E-state index contributed by atoms with van der Waals surface area (Å²) in [7, 11) is 0. The van der Waals surface area contributed by atoms with Crippen LogP contribution in [0.2, 0.25) is 0 Å². The molecule has 0 amide bonds. The van der Waals surface area contributed by atoms with E-state index in [0.717, 1.165) is 17.1 Å². The van der Waals surface area contributed by atoms with Crippen molar-refractivity contribution in [1.82, 2.24) is 4.57 Å². The summed E-state index contributed by atoms with van der Waals surface area (Å²) in [5, 5.41) is 2.82. The van der Waals surface area contributed by atoms with Gasteiger partial charge in [0, 0.05) is 33.4 Å². The Balaban J connectivity index is 0.772. The van der Waals surface area contributed by atoms with Gasteiger partial charge in [-0.1, -0.05) is 239 Å². The van der Waals surface area contributed by atoms with Gasteiger partial charge in [0.15, 0.2) is 0 Å². The summed E-state index contributed by atoms with van der Waals surface area (Å²) in [5.41, 5.74) is 24.5. The SMILES string of the molecule is c1ccc(-c2ccccc2N(c2ccc(-c3ccc(-c4ccc(-n5c6ccc(C7CCCCC7)cc6c6cc(C7CCCCC7)ccc65)cc4)cc3)cc2)c2ccc3c(c2)C(c2ccccc2)(c2ccccc2)c2ccccc2-3)cc1. The van der Waals surface area contributed by atoms with Gasteiger partial charge in [-0.25, -0.2) is 0 Å². The van der Waals surface area contributed by atoms with Crippen molar-refractivity contribution in [2.45, 2.75) is 81.5 Å². The molecule has 1 heterocycles. The zero-order chi connectivity index (χ0) is 53.7. The summed E-state index contributed by atoms with van der Waals surface area (Å²) in [4.78, 5) is 2.46. The van der Waals surface area contributed by atoms with E-state index >= 15 is 0 Å². The van der Waals surface area contributed by atoms with E-state index < -0.39 is 5.41 Å². The molecule has 0 aliphatic heterocycles. The van der Waals surface area contributed by atoms with Gasteiger partial charge in [0.2, 0.25) is 0 Å². The Morgan fingerprint density at radius 1 is 0.321 bits per heavy atom. The first-order valence-corrected chi connectivity index (χ1v) is 29.9. The van der Waals surface area contributed by atoms with Crippen LogP contribution in [0.15, 0.2) is 267 Å². The number of benzene rings is 11. The Bertz CT molecular complexity index is 4080. The third-order valence-corrected chi connectivity index (χ3v) is 18.7. The van der Waals surface area contributed by atoms with Crippen LogP contribution in [-0.2, 0) is 5.41 Å². The van der Waals surface area contributed by atoms with Gasteiger partial charge in [-0.05, 0) is 177 Å². The highest BCUT2D eigenvalue weighted by molar-refractivity contribution is 6.10. The van der Waals surface area contributed by atoms with Crippen molar-refractivity contribution in [1.29, 1.82) is 0 Å². The summed E-state index contributed by atoms with van der Waals surface area (Å²) in [6, 6.07) is 101. The van der Waals surface area contributed by atoms with Gasteiger partial charge in [-0.2, -0.15) is 0 Å².